The van der Waals surface area contributed by atoms with E-state index >= 15 is 0 Å². The van der Waals surface area contributed by atoms with E-state index in [1.807, 2.05) is 23.1 Å². The molecule has 0 spiro atoms. The van der Waals surface area contributed by atoms with Crippen molar-refractivity contribution in [1.29, 1.82) is 0 Å². The fourth-order valence-corrected chi connectivity index (χ4v) is 5.00. The third kappa shape index (κ3) is 5.17. The van der Waals surface area contributed by atoms with Gasteiger partial charge in [0, 0.05) is 25.4 Å². The van der Waals surface area contributed by atoms with E-state index in [0.717, 1.165) is 25.6 Å². The molecule has 1 aliphatic carbocycles. The number of anilines is 1. The fourth-order valence-electron chi connectivity index (χ4n) is 4.60. The fraction of sp³-hybridized carbons (Fsp3) is 0.185. The molecule has 36 heavy (non-hydrogen) atoms. The predicted molar refractivity (Wildman–Crippen MR) is 138 cm³/mol. The largest absolute Gasteiger partial charge is 0.338 e. The van der Waals surface area contributed by atoms with E-state index in [1.165, 1.54) is 17.3 Å². The molecular weight excluding hydrogens is 502 g/mol. The summed E-state index contributed by atoms with van der Waals surface area (Å²) >= 11 is 11.5. The molecule has 5 rings (SSSR count). The minimum atomic E-state index is -0.849. The number of nitrogens with one attached hydrogen (secondary N) is 1. The van der Waals surface area contributed by atoms with Gasteiger partial charge in [-0.2, -0.15) is 0 Å². The molecule has 3 heterocycles. The lowest BCUT2D eigenvalue weighted by molar-refractivity contribution is -0.125. The lowest BCUT2D eigenvalue weighted by atomic mass is 9.98. The van der Waals surface area contributed by atoms with Gasteiger partial charge in [0.2, 0.25) is 5.91 Å². The van der Waals surface area contributed by atoms with Crippen LogP contribution in [0.25, 0.3) is 11.6 Å². The Hall–Kier alpha value is -3.55. The SMILES string of the molecule is O=C(Nc1ccc(/C=C/C(=O)N2CC3C=C(c4ccccc4)CC3C2)cn1)c1cc(F)c(Cl)nc1Cl. The van der Waals surface area contributed by atoms with Crippen molar-refractivity contribution in [2.75, 3.05) is 18.4 Å². The summed E-state index contributed by atoms with van der Waals surface area (Å²) in [6.07, 6.45) is 8.06. The van der Waals surface area contributed by atoms with E-state index < -0.39 is 16.9 Å². The second kappa shape index (κ2) is 10.2. The monoisotopic (exact) mass is 522 g/mol. The summed E-state index contributed by atoms with van der Waals surface area (Å²) in [6, 6.07) is 14.6. The first-order valence-corrected chi connectivity index (χ1v) is 12.1. The van der Waals surface area contributed by atoms with Gasteiger partial charge in [-0.1, -0.05) is 59.6 Å². The van der Waals surface area contributed by atoms with Crippen LogP contribution in [0.2, 0.25) is 10.3 Å². The molecule has 0 bridgehead atoms. The topological polar surface area (TPSA) is 75.2 Å². The molecule has 182 valence electrons. The van der Waals surface area contributed by atoms with Crippen LogP contribution in [0.1, 0.15) is 27.9 Å². The normalized spacial score (nSPS) is 18.9. The van der Waals surface area contributed by atoms with E-state index in [4.69, 9.17) is 23.2 Å². The number of allylic oxidation sites excluding steroid dienone is 1. The Morgan fingerprint density at radius 1 is 1.08 bits per heavy atom. The minimum absolute atomic E-state index is 0.0386. The molecule has 6 nitrogen and oxygen atoms in total. The van der Waals surface area contributed by atoms with Gasteiger partial charge in [-0.3, -0.25) is 9.59 Å². The molecule has 1 aromatic carbocycles. The summed E-state index contributed by atoms with van der Waals surface area (Å²) in [6.45, 7) is 1.46. The van der Waals surface area contributed by atoms with Gasteiger partial charge >= 0.3 is 0 Å². The summed E-state index contributed by atoms with van der Waals surface area (Å²) in [5.74, 6) is -0.469. The Labute approximate surface area is 217 Å². The Kier molecular flexibility index (Phi) is 6.85. The number of hydrogen-bond acceptors (Lipinski definition) is 4. The number of benzene rings is 1. The standard InChI is InChI=1S/C27H21Cl2FN4O2/c28-25-21(12-22(30)26(29)33-25)27(36)32-23-8-6-16(13-31-23)7-9-24(35)34-14-19-10-18(11-20(19)15-34)17-4-2-1-3-5-17/h1-10,12-13,19-20H,11,14-15H2,(H,31,32,36)/b9-7+. The first kappa shape index (κ1) is 24.2. The minimum Gasteiger partial charge on any atom is -0.338 e. The molecule has 0 radical (unpaired) electrons. The summed E-state index contributed by atoms with van der Waals surface area (Å²) in [7, 11) is 0. The van der Waals surface area contributed by atoms with Gasteiger partial charge in [0.15, 0.2) is 11.0 Å². The van der Waals surface area contributed by atoms with Crippen molar-refractivity contribution < 1.29 is 14.0 Å². The Morgan fingerprint density at radius 2 is 1.89 bits per heavy atom. The molecule has 1 N–H and O–H groups in total. The Balaban J connectivity index is 1.17. The molecule has 0 saturated carbocycles. The van der Waals surface area contributed by atoms with Crippen LogP contribution in [0.3, 0.4) is 0 Å². The number of fused-ring (bicyclic) bond motifs is 1. The van der Waals surface area contributed by atoms with Crippen LogP contribution in [-0.2, 0) is 4.79 Å². The smallest absolute Gasteiger partial charge is 0.260 e. The second-order valence-corrected chi connectivity index (χ2v) is 9.51. The first-order valence-electron chi connectivity index (χ1n) is 11.4. The molecule has 2 atom stereocenters. The van der Waals surface area contributed by atoms with E-state index in [1.54, 1.807) is 24.3 Å². The highest BCUT2D eigenvalue weighted by Gasteiger charge is 2.37. The van der Waals surface area contributed by atoms with E-state index in [-0.39, 0.29) is 22.4 Å². The molecule has 2 amide bonds. The number of amides is 2. The van der Waals surface area contributed by atoms with Crippen LogP contribution in [0.4, 0.5) is 10.2 Å². The van der Waals surface area contributed by atoms with E-state index in [9.17, 15) is 14.0 Å². The molecular formula is C27H21Cl2FN4O2. The van der Waals surface area contributed by atoms with Gasteiger partial charge in [-0.05, 0) is 59.2 Å². The molecule has 1 aliphatic heterocycles. The van der Waals surface area contributed by atoms with Gasteiger partial charge in [0.1, 0.15) is 11.0 Å². The third-order valence-corrected chi connectivity index (χ3v) is 6.98. The van der Waals surface area contributed by atoms with Crippen LogP contribution in [0.5, 0.6) is 0 Å². The number of carbonyl (C=O) groups excluding carboxylic acids is 2. The van der Waals surface area contributed by atoms with Crippen LogP contribution in [0.15, 0.2) is 66.9 Å². The summed E-state index contributed by atoms with van der Waals surface area (Å²) in [5.41, 5.74) is 3.17. The van der Waals surface area contributed by atoms with Crippen LogP contribution < -0.4 is 5.32 Å². The lowest BCUT2D eigenvalue weighted by Crippen LogP contribution is -2.27. The number of hydrogen-bond donors (Lipinski definition) is 1. The highest BCUT2D eigenvalue weighted by molar-refractivity contribution is 6.35. The first-order chi connectivity index (χ1) is 17.4. The zero-order chi connectivity index (χ0) is 25.2. The lowest BCUT2D eigenvalue weighted by Gasteiger charge is -2.15. The zero-order valence-corrected chi connectivity index (χ0v) is 20.5. The van der Waals surface area contributed by atoms with Gasteiger partial charge in [-0.25, -0.2) is 14.4 Å². The van der Waals surface area contributed by atoms with Gasteiger partial charge in [0.25, 0.3) is 5.91 Å². The van der Waals surface area contributed by atoms with Crippen molar-refractivity contribution in [2.45, 2.75) is 6.42 Å². The number of halogens is 3. The Morgan fingerprint density at radius 3 is 2.61 bits per heavy atom. The predicted octanol–water partition coefficient (Wildman–Crippen LogP) is 5.75. The van der Waals surface area contributed by atoms with Crippen molar-refractivity contribution in [2.24, 2.45) is 11.8 Å². The number of likely N-dealkylation sites (tertiary alicyclic amines) is 1. The quantitative estimate of drug-likeness (QED) is 0.342. The number of rotatable bonds is 5. The van der Waals surface area contributed by atoms with E-state index in [0.29, 0.717) is 17.4 Å². The number of aromatic nitrogens is 2. The average Bonchev–Trinajstić information content (AvgIpc) is 3.46. The van der Waals surface area contributed by atoms with E-state index in [2.05, 4.69) is 33.5 Å². The average molecular weight is 523 g/mol. The van der Waals surface area contributed by atoms with Crippen LogP contribution in [-0.4, -0.2) is 39.8 Å². The van der Waals surface area contributed by atoms with Crippen LogP contribution in [0, 0.1) is 17.7 Å². The molecule has 3 aromatic rings. The van der Waals surface area contributed by atoms with Crippen LogP contribution >= 0.6 is 23.2 Å². The second-order valence-electron chi connectivity index (χ2n) is 8.79. The summed E-state index contributed by atoms with van der Waals surface area (Å²) in [4.78, 5) is 34.8. The van der Waals surface area contributed by atoms with Crippen molar-refractivity contribution in [3.05, 3.63) is 99.7 Å². The molecule has 1 saturated heterocycles. The maximum Gasteiger partial charge on any atom is 0.260 e. The molecule has 2 unspecified atom stereocenters. The highest BCUT2D eigenvalue weighted by atomic mass is 35.5. The summed E-state index contributed by atoms with van der Waals surface area (Å²) in [5, 5.41) is 1.91. The van der Waals surface area contributed by atoms with Gasteiger partial charge < -0.3 is 10.2 Å². The zero-order valence-electron chi connectivity index (χ0n) is 19.0. The maximum atomic E-state index is 13.6. The maximum absolute atomic E-state index is 13.6. The van der Waals surface area contributed by atoms with Gasteiger partial charge in [-0.15, -0.1) is 0 Å². The van der Waals surface area contributed by atoms with Crippen molar-refractivity contribution >= 4 is 52.5 Å². The molecule has 2 aliphatic rings. The summed E-state index contributed by atoms with van der Waals surface area (Å²) < 4.78 is 13.6. The highest BCUT2D eigenvalue weighted by Crippen LogP contribution is 2.40. The Bertz CT molecular complexity index is 1380. The molecule has 2 aromatic heterocycles. The number of carbonyl (C=O) groups is 2. The third-order valence-electron chi connectivity index (χ3n) is 6.42. The van der Waals surface area contributed by atoms with Crippen molar-refractivity contribution in [3.8, 4) is 0 Å². The number of pyridine rings is 2. The van der Waals surface area contributed by atoms with Gasteiger partial charge in [0.05, 0.1) is 5.56 Å². The number of nitrogens with zero attached hydrogens (tertiary/aromatic N) is 3. The molecule has 9 heteroatoms. The molecule has 1 fully saturated rings. The van der Waals surface area contributed by atoms with Crippen molar-refractivity contribution in [3.63, 3.8) is 0 Å². The van der Waals surface area contributed by atoms with Crippen molar-refractivity contribution in [1.82, 2.24) is 14.9 Å².